The van der Waals surface area contributed by atoms with Crippen molar-refractivity contribution < 1.29 is 19.1 Å². The van der Waals surface area contributed by atoms with Crippen LogP contribution in [0.2, 0.25) is 0 Å². The van der Waals surface area contributed by atoms with Crippen molar-refractivity contribution in [1.29, 1.82) is 0 Å². The highest BCUT2D eigenvalue weighted by Gasteiger charge is 2.22. The molecule has 0 aliphatic carbocycles. The number of thiophene rings is 1. The Kier molecular flexibility index (Phi) is 3.84. The van der Waals surface area contributed by atoms with Gasteiger partial charge in [-0.15, -0.1) is 11.3 Å². The summed E-state index contributed by atoms with van der Waals surface area (Å²) in [6.45, 7) is 3.53. The van der Waals surface area contributed by atoms with E-state index in [9.17, 15) is 14.4 Å². The Morgan fingerprint density at radius 3 is 2.35 bits per heavy atom. The van der Waals surface area contributed by atoms with Crippen LogP contribution in [0.1, 0.15) is 20.8 Å². The summed E-state index contributed by atoms with van der Waals surface area (Å²) in [5.41, 5.74) is 5.79. The molecule has 0 bridgehead atoms. The Hall–Kier alpha value is -1.89. The average molecular weight is 256 g/mol. The number of esters is 1. The highest BCUT2D eigenvalue weighted by molar-refractivity contribution is 7.17. The summed E-state index contributed by atoms with van der Waals surface area (Å²) >= 11 is 1.19. The van der Waals surface area contributed by atoms with Crippen LogP contribution >= 0.6 is 11.3 Å². The second-order valence-corrected chi connectivity index (χ2v) is 4.52. The summed E-state index contributed by atoms with van der Waals surface area (Å²) in [4.78, 5) is 34.2. The zero-order valence-electron chi connectivity index (χ0n) is 9.62. The Morgan fingerprint density at radius 1 is 1.29 bits per heavy atom. The molecule has 0 atom stereocenters. The van der Waals surface area contributed by atoms with Crippen molar-refractivity contribution in [3.8, 4) is 0 Å². The second kappa shape index (κ2) is 4.96. The molecule has 2 amide bonds. The molecule has 0 unspecified atom stereocenters. The quantitative estimate of drug-likeness (QED) is 0.597. The number of carbonyl (C=O) groups is 3. The molecule has 0 saturated carbocycles. The predicted molar refractivity (Wildman–Crippen MR) is 63.0 cm³/mol. The smallest absolute Gasteiger partial charge is 0.341 e. The van der Waals surface area contributed by atoms with Gasteiger partial charge in [-0.3, -0.25) is 9.59 Å². The van der Waals surface area contributed by atoms with Crippen molar-refractivity contribution in [3.05, 3.63) is 16.0 Å². The van der Waals surface area contributed by atoms with Gasteiger partial charge in [-0.2, -0.15) is 0 Å². The molecule has 0 saturated heterocycles. The van der Waals surface area contributed by atoms with Gasteiger partial charge in [0, 0.05) is 4.88 Å². The van der Waals surface area contributed by atoms with Crippen LogP contribution in [0.15, 0.2) is 0 Å². The van der Waals surface area contributed by atoms with Crippen LogP contribution in [0, 0.1) is 13.8 Å². The maximum Gasteiger partial charge on any atom is 0.341 e. The molecule has 0 spiro atoms. The normalized spacial score (nSPS) is 9.82. The lowest BCUT2D eigenvalue weighted by Gasteiger charge is -2.03. The van der Waals surface area contributed by atoms with Gasteiger partial charge in [-0.1, -0.05) is 0 Å². The number of anilines is 1. The first-order valence-corrected chi connectivity index (χ1v) is 5.49. The summed E-state index contributed by atoms with van der Waals surface area (Å²) in [5.74, 6) is -2.63. The van der Waals surface area contributed by atoms with Crippen LogP contribution in [0.3, 0.4) is 0 Å². The monoisotopic (exact) mass is 256 g/mol. The van der Waals surface area contributed by atoms with Gasteiger partial charge in [0.05, 0.1) is 12.7 Å². The van der Waals surface area contributed by atoms with Crippen LogP contribution in [-0.4, -0.2) is 24.9 Å². The minimum atomic E-state index is -1.11. The maximum atomic E-state index is 11.5. The molecule has 3 N–H and O–H groups in total. The third-order valence-corrected chi connectivity index (χ3v) is 3.35. The number of hydrogen-bond donors (Lipinski definition) is 2. The number of primary amides is 1. The van der Waals surface area contributed by atoms with E-state index in [4.69, 9.17) is 5.73 Å². The molecule has 1 aromatic heterocycles. The topological polar surface area (TPSA) is 98.5 Å². The summed E-state index contributed by atoms with van der Waals surface area (Å²) < 4.78 is 4.61. The van der Waals surface area contributed by atoms with Crippen LogP contribution < -0.4 is 11.1 Å². The minimum absolute atomic E-state index is 0.254. The number of methoxy groups -OCH3 is 1. The molecular weight excluding hydrogens is 244 g/mol. The molecule has 0 fully saturated rings. The van der Waals surface area contributed by atoms with Gasteiger partial charge < -0.3 is 15.8 Å². The zero-order valence-corrected chi connectivity index (χ0v) is 10.4. The largest absolute Gasteiger partial charge is 0.465 e. The Labute approximate surface area is 102 Å². The molecule has 92 valence electrons. The molecule has 17 heavy (non-hydrogen) atoms. The van der Waals surface area contributed by atoms with Crippen LogP contribution in [-0.2, 0) is 14.3 Å². The summed E-state index contributed by atoms with van der Waals surface area (Å²) in [5, 5.41) is 2.56. The Morgan fingerprint density at radius 2 is 1.88 bits per heavy atom. The molecule has 1 aromatic rings. The molecule has 1 heterocycles. The maximum absolute atomic E-state index is 11.5. The number of nitrogens with one attached hydrogen (secondary N) is 1. The lowest BCUT2D eigenvalue weighted by atomic mass is 10.1. The van der Waals surface area contributed by atoms with E-state index in [1.54, 1.807) is 13.8 Å². The molecule has 0 aliphatic heterocycles. The Balaban J connectivity index is 3.16. The second-order valence-electron chi connectivity index (χ2n) is 3.30. The van der Waals surface area contributed by atoms with Gasteiger partial charge >= 0.3 is 17.8 Å². The van der Waals surface area contributed by atoms with Crippen molar-refractivity contribution in [1.82, 2.24) is 0 Å². The van der Waals surface area contributed by atoms with Gasteiger partial charge in [-0.05, 0) is 19.4 Å². The van der Waals surface area contributed by atoms with Crippen LogP contribution in [0.5, 0.6) is 0 Å². The molecule has 1 rings (SSSR count). The van der Waals surface area contributed by atoms with Crippen molar-refractivity contribution in [2.45, 2.75) is 13.8 Å². The minimum Gasteiger partial charge on any atom is -0.465 e. The number of ether oxygens (including phenoxy) is 1. The van der Waals surface area contributed by atoms with Crippen molar-refractivity contribution in [2.24, 2.45) is 5.73 Å². The highest BCUT2D eigenvalue weighted by Crippen LogP contribution is 2.32. The lowest BCUT2D eigenvalue weighted by molar-refractivity contribution is -0.134. The van der Waals surface area contributed by atoms with E-state index >= 15 is 0 Å². The van der Waals surface area contributed by atoms with E-state index < -0.39 is 17.8 Å². The van der Waals surface area contributed by atoms with Gasteiger partial charge in [0.1, 0.15) is 5.00 Å². The van der Waals surface area contributed by atoms with Crippen molar-refractivity contribution in [2.75, 3.05) is 12.4 Å². The number of nitrogens with two attached hydrogens (primary N) is 1. The van der Waals surface area contributed by atoms with Gasteiger partial charge in [0.2, 0.25) is 0 Å². The summed E-state index contributed by atoms with van der Waals surface area (Å²) in [6, 6.07) is 0. The predicted octanol–water partition coefficient (Wildman–Crippen LogP) is 0.575. The third-order valence-electron chi connectivity index (χ3n) is 2.23. The van der Waals surface area contributed by atoms with Gasteiger partial charge in [0.15, 0.2) is 0 Å². The van der Waals surface area contributed by atoms with Crippen molar-refractivity contribution >= 4 is 34.1 Å². The first-order valence-electron chi connectivity index (χ1n) is 4.67. The fraction of sp³-hybridized carbons (Fsp3) is 0.300. The average Bonchev–Trinajstić information content (AvgIpc) is 2.53. The number of rotatable bonds is 2. The lowest BCUT2D eigenvalue weighted by Crippen LogP contribution is -2.29. The van der Waals surface area contributed by atoms with E-state index in [1.165, 1.54) is 18.4 Å². The molecule has 6 nitrogen and oxygen atoms in total. The van der Waals surface area contributed by atoms with Crippen LogP contribution in [0.4, 0.5) is 5.00 Å². The first-order chi connectivity index (χ1) is 7.88. The molecule has 0 aromatic carbocycles. The van der Waals surface area contributed by atoms with E-state index in [0.29, 0.717) is 5.56 Å². The number of amides is 2. The summed E-state index contributed by atoms with van der Waals surface area (Å²) in [6.07, 6.45) is 0. The van der Waals surface area contributed by atoms with E-state index in [1.807, 2.05) is 0 Å². The fourth-order valence-corrected chi connectivity index (χ4v) is 2.27. The van der Waals surface area contributed by atoms with Gasteiger partial charge in [0.25, 0.3) is 0 Å². The number of hydrogen-bond acceptors (Lipinski definition) is 5. The molecule has 0 aliphatic rings. The number of carbonyl (C=O) groups excluding carboxylic acids is 3. The standard InChI is InChI=1S/C10H12N2O4S/c1-4-5(2)17-9(6(4)10(15)16-3)12-8(14)7(11)13/h1-3H3,(H2,11,13)(H,12,14). The number of aryl methyl sites for hydroxylation is 1. The zero-order chi connectivity index (χ0) is 13.2. The fourth-order valence-electron chi connectivity index (χ4n) is 1.23. The third kappa shape index (κ3) is 2.62. The van der Waals surface area contributed by atoms with E-state index in [0.717, 1.165) is 4.88 Å². The molecular formula is C10H12N2O4S. The molecule has 7 heteroatoms. The summed E-state index contributed by atoms with van der Waals surface area (Å²) in [7, 11) is 1.24. The van der Waals surface area contributed by atoms with Gasteiger partial charge in [-0.25, -0.2) is 4.79 Å². The molecule has 0 radical (unpaired) electrons. The first kappa shape index (κ1) is 13.2. The van der Waals surface area contributed by atoms with Crippen LogP contribution in [0.25, 0.3) is 0 Å². The van der Waals surface area contributed by atoms with E-state index in [-0.39, 0.29) is 10.6 Å². The highest BCUT2D eigenvalue weighted by atomic mass is 32.1. The van der Waals surface area contributed by atoms with Crippen molar-refractivity contribution in [3.63, 3.8) is 0 Å². The Bertz CT molecular complexity index is 493. The van der Waals surface area contributed by atoms with E-state index in [2.05, 4.69) is 10.1 Å². The SMILES string of the molecule is COC(=O)c1c(NC(=O)C(N)=O)sc(C)c1C.